The summed E-state index contributed by atoms with van der Waals surface area (Å²) in [5, 5.41) is 11.8. The van der Waals surface area contributed by atoms with Crippen LogP contribution < -0.4 is 4.90 Å². The van der Waals surface area contributed by atoms with E-state index in [1.807, 2.05) is 30.3 Å². The van der Waals surface area contributed by atoms with Gasteiger partial charge in [0, 0.05) is 47.6 Å². The van der Waals surface area contributed by atoms with E-state index < -0.39 is 5.60 Å². The molecule has 5 heteroatoms. The second kappa shape index (κ2) is 8.97. The van der Waals surface area contributed by atoms with Crippen LogP contribution in [-0.4, -0.2) is 33.5 Å². The van der Waals surface area contributed by atoms with Crippen molar-refractivity contribution in [3.63, 3.8) is 0 Å². The van der Waals surface area contributed by atoms with Crippen molar-refractivity contribution in [1.29, 1.82) is 0 Å². The summed E-state index contributed by atoms with van der Waals surface area (Å²) in [5.41, 5.74) is 4.90. The van der Waals surface area contributed by atoms with Crippen LogP contribution in [-0.2, 0) is 12.1 Å². The summed E-state index contributed by atoms with van der Waals surface area (Å²) in [5.74, 6) is 0.812. The van der Waals surface area contributed by atoms with Crippen LogP contribution in [0, 0.1) is 0 Å². The Balaban J connectivity index is 1.72. The number of carbonyl (C=O) groups excluding carboxylic acids is 1. The molecule has 1 heterocycles. The maximum atomic E-state index is 13.4. The van der Waals surface area contributed by atoms with Gasteiger partial charge < -0.3 is 14.6 Å². The third kappa shape index (κ3) is 3.66. The lowest BCUT2D eigenvalue weighted by molar-refractivity contribution is 0.0871. The van der Waals surface area contributed by atoms with Crippen LogP contribution in [0.3, 0.4) is 0 Å². The molecule has 0 spiro atoms. The van der Waals surface area contributed by atoms with Gasteiger partial charge in [-0.15, -0.1) is 0 Å². The fraction of sp³-hybridized carbons (Fsp3) is 0.333. The highest BCUT2D eigenvalue weighted by molar-refractivity contribution is 6.15. The number of benzene rings is 3. The Hall–Kier alpha value is -3.44. The lowest BCUT2D eigenvalue weighted by Crippen LogP contribution is -2.33. The van der Waals surface area contributed by atoms with Crippen molar-refractivity contribution in [1.82, 2.24) is 9.55 Å². The van der Waals surface area contributed by atoms with Gasteiger partial charge in [-0.25, -0.2) is 4.98 Å². The van der Waals surface area contributed by atoms with E-state index in [0.29, 0.717) is 27.8 Å². The van der Waals surface area contributed by atoms with Crippen molar-refractivity contribution < 1.29 is 9.90 Å². The van der Waals surface area contributed by atoms with Gasteiger partial charge in [0.05, 0.1) is 11.0 Å². The molecule has 0 aliphatic heterocycles. The predicted molar refractivity (Wildman–Crippen MR) is 142 cm³/mol. The Morgan fingerprint density at radius 2 is 1.66 bits per heavy atom. The second-order valence-electron chi connectivity index (χ2n) is 9.46. The first kappa shape index (κ1) is 23.3. The van der Waals surface area contributed by atoms with E-state index in [9.17, 15) is 9.90 Å². The number of unbranched alkanes of at least 4 members (excludes halogenated alkanes) is 1. The van der Waals surface area contributed by atoms with Gasteiger partial charge in [0.15, 0.2) is 5.78 Å². The highest BCUT2D eigenvalue weighted by Gasteiger charge is 2.41. The van der Waals surface area contributed by atoms with Gasteiger partial charge in [-0.05, 0) is 69.2 Å². The Morgan fingerprint density at radius 1 is 0.943 bits per heavy atom. The van der Waals surface area contributed by atoms with Crippen molar-refractivity contribution in [3.8, 4) is 11.4 Å². The number of hydrogen-bond donors (Lipinski definition) is 1. The van der Waals surface area contributed by atoms with Crippen LogP contribution in [0.4, 0.5) is 5.69 Å². The SMILES string of the molecule is CCCCn1c(-c2ccc(N(CC)CC)cc2)nc2c3c(ccc21)C(=O)c1ccccc1C3(C)O. The first-order valence-electron chi connectivity index (χ1n) is 12.7. The Morgan fingerprint density at radius 3 is 2.34 bits per heavy atom. The van der Waals surface area contributed by atoms with Crippen LogP contribution >= 0.6 is 0 Å². The summed E-state index contributed by atoms with van der Waals surface area (Å²) in [7, 11) is 0. The topological polar surface area (TPSA) is 58.4 Å². The molecule has 5 rings (SSSR count). The monoisotopic (exact) mass is 467 g/mol. The maximum Gasteiger partial charge on any atom is 0.193 e. The van der Waals surface area contributed by atoms with E-state index in [0.717, 1.165) is 49.4 Å². The molecule has 35 heavy (non-hydrogen) atoms. The summed E-state index contributed by atoms with van der Waals surface area (Å²) in [6, 6.07) is 19.8. The van der Waals surface area contributed by atoms with Crippen LogP contribution in [0.15, 0.2) is 60.7 Å². The Labute approximate surface area is 207 Å². The molecule has 180 valence electrons. The molecule has 1 aromatic heterocycles. The zero-order chi connectivity index (χ0) is 24.7. The molecule has 0 fully saturated rings. The minimum Gasteiger partial charge on any atom is -0.381 e. The number of aliphatic hydroxyl groups is 1. The van der Waals surface area contributed by atoms with Gasteiger partial charge in [-0.1, -0.05) is 37.6 Å². The third-order valence-electron chi connectivity index (χ3n) is 7.34. The van der Waals surface area contributed by atoms with E-state index in [-0.39, 0.29) is 5.78 Å². The van der Waals surface area contributed by atoms with E-state index in [4.69, 9.17) is 4.98 Å². The predicted octanol–water partition coefficient (Wildman–Crippen LogP) is 6.15. The molecule has 1 aliphatic rings. The summed E-state index contributed by atoms with van der Waals surface area (Å²) < 4.78 is 2.24. The maximum absolute atomic E-state index is 13.4. The van der Waals surface area contributed by atoms with Crippen LogP contribution in [0.25, 0.3) is 22.4 Å². The van der Waals surface area contributed by atoms with E-state index >= 15 is 0 Å². The molecule has 1 atom stereocenters. The van der Waals surface area contributed by atoms with Gasteiger partial charge in [0.1, 0.15) is 11.4 Å². The molecule has 4 aromatic rings. The van der Waals surface area contributed by atoms with E-state index in [1.54, 1.807) is 13.0 Å². The number of ketones is 1. The van der Waals surface area contributed by atoms with E-state index in [1.165, 1.54) is 5.69 Å². The van der Waals surface area contributed by atoms with Crippen LogP contribution in [0.1, 0.15) is 67.6 Å². The number of rotatable bonds is 7. The molecule has 3 aromatic carbocycles. The fourth-order valence-corrected chi connectivity index (χ4v) is 5.43. The lowest BCUT2D eigenvalue weighted by atomic mass is 9.74. The number of imidazole rings is 1. The number of aromatic nitrogens is 2. The summed E-state index contributed by atoms with van der Waals surface area (Å²) in [6.45, 7) is 11.0. The number of fused-ring (bicyclic) bond motifs is 4. The average molecular weight is 468 g/mol. The first-order valence-corrected chi connectivity index (χ1v) is 12.7. The molecule has 1 aliphatic carbocycles. The highest BCUT2D eigenvalue weighted by atomic mass is 16.3. The number of hydrogen-bond acceptors (Lipinski definition) is 4. The van der Waals surface area contributed by atoms with Gasteiger partial charge >= 0.3 is 0 Å². The summed E-state index contributed by atoms with van der Waals surface area (Å²) >= 11 is 0. The molecule has 0 saturated carbocycles. The van der Waals surface area contributed by atoms with E-state index in [2.05, 4.69) is 54.5 Å². The van der Waals surface area contributed by atoms with Crippen molar-refractivity contribution >= 4 is 22.5 Å². The highest BCUT2D eigenvalue weighted by Crippen LogP contribution is 2.43. The molecule has 0 bridgehead atoms. The molecule has 1 N–H and O–H groups in total. The molecule has 0 amide bonds. The zero-order valence-corrected chi connectivity index (χ0v) is 21.0. The van der Waals surface area contributed by atoms with Gasteiger partial charge in [0.2, 0.25) is 0 Å². The van der Waals surface area contributed by atoms with Crippen molar-refractivity contribution in [2.24, 2.45) is 0 Å². The Kier molecular flexibility index (Phi) is 5.97. The molecule has 1 unspecified atom stereocenters. The minimum absolute atomic E-state index is 0.0581. The molecular formula is C30H33N3O2. The summed E-state index contributed by atoms with van der Waals surface area (Å²) in [6.07, 6.45) is 2.08. The molecular weight excluding hydrogens is 434 g/mol. The molecule has 5 nitrogen and oxygen atoms in total. The minimum atomic E-state index is -1.31. The molecule has 0 radical (unpaired) electrons. The molecule has 0 saturated heterocycles. The van der Waals surface area contributed by atoms with Crippen LogP contribution in [0.2, 0.25) is 0 Å². The standard InChI is InChI=1S/C30H33N3O2/c1-5-8-19-33-25-18-17-23-26(30(4,35)24-12-10-9-11-22(24)28(23)34)27(25)31-29(33)20-13-15-21(16-14-20)32(6-2)7-3/h9-18,35H,5-8,19H2,1-4H3. The Bertz CT molecular complexity index is 1400. The van der Waals surface area contributed by atoms with Gasteiger partial charge in [0.25, 0.3) is 0 Å². The first-order chi connectivity index (χ1) is 16.9. The largest absolute Gasteiger partial charge is 0.381 e. The van der Waals surface area contributed by atoms with Crippen LogP contribution in [0.5, 0.6) is 0 Å². The lowest BCUT2D eigenvalue weighted by Gasteiger charge is -2.32. The van der Waals surface area contributed by atoms with Crippen molar-refractivity contribution in [2.45, 2.75) is 52.7 Å². The van der Waals surface area contributed by atoms with Gasteiger partial charge in [-0.3, -0.25) is 4.79 Å². The van der Waals surface area contributed by atoms with Crippen molar-refractivity contribution in [3.05, 3.63) is 82.9 Å². The third-order valence-corrected chi connectivity index (χ3v) is 7.34. The fourth-order valence-electron chi connectivity index (χ4n) is 5.43. The normalized spacial score (nSPS) is 16.9. The number of nitrogens with zero attached hydrogens (tertiary/aromatic N) is 3. The van der Waals surface area contributed by atoms with Crippen molar-refractivity contribution in [2.75, 3.05) is 18.0 Å². The number of anilines is 1. The second-order valence-corrected chi connectivity index (χ2v) is 9.46. The zero-order valence-electron chi connectivity index (χ0n) is 21.0. The quantitative estimate of drug-likeness (QED) is 0.354. The average Bonchev–Trinajstić information content (AvgIpc) is 3.25. The van der Waals surface area contributed by atoms with Gasteiger partial charge in [-0.2, -0.15) is 0 Å². The number of aryl methyl sites for hydroxylation is 1. The summed E-state index contributed by atoms with van der Waals surface area (Å²) in [4.78, 5) is 20.8. The number of carbonyl (C=O) groups is 1. The smallest absolute Gasteiger partial charge is 0.193 e.